The van der Waals surface area contributed by atoms with Crippen molar-refractivity contribution in [3.05, 3.63) is 114 Å². The van der Waals surface area contributed by atoms with E-state index in [1.807, 2.05) is 0 Å². The SMILES string of the molecule is C=CC=CC=C(C)C(=O)N=C(N)c1ccc(NC(c2nc(OCCl)n(-c3ncccn3)n2)c2cc(OC)cc(OCCO)c2F)cc1. The van der Waals surface area contributed by atoms with E-state index in [0.29, 0.717) is 16.8 Å². The molecule has 2 aromatic heterocycles. The van der Waals surface area contributed by atoms with Crippen LogP contribution in [0.15, 0.2) is 96.3 Å². The number of hydrogen-bond acceptors (Lipinski definition) is 10. The van der Waals surface area contributed by atoms with E-state index in [0.717, 1.165) is 0 Å². The number of nitrogens with two attached hydrogens (primary N) is 1. The molecule has 2 heterocycles. The van der Waals surface area contributed by atoms with Gasteiger partial charge in [0.05, 0.1) is 13.7 Å². The monoisotopic (exact) mass is 662 g/mol. The third-order valence-corrected chi connectivity index (χ3v) is 6.47. The number of aliphatic imine (C=N–C) groups is 1. The lowest BCUT2D eigenvalue weighted by Gasteiger charge is -2.21. The van der Waals surface area contributed by atoms with Gasteiger partial charge in [-0.3, -0.25) is 4.79 Å². The standard InChI is InChI=1S/C32H32ClFN8O5/c1-4-5-6-8-20(2)30(44)39-28(35)21-9-11-22(12-10-21)38-27(24-17-23(45-3)18-25(26(24)34)46-16-15-43)29-40-32(47-19-33)42(41-29)31-36-13-7-14-37-31/h4-14,17-18,27,38,43H,1,15-16,19H2,2-3H3,(H2,35,39,44). The van der Waals surface area contributed by atoms with E-state index in [9.17, 15) is 9.90 Å². The molecular weight excluding hydrogens is 631 g/mol. The maximum atomic E-state index is 16.1. The Morgan fingerprint density at radius 3 is 2.62 bits per heavy atom. The number of ether oxygens (including phenoxy) is 3. The summed E-state index contributed by atoms with van der Waals surface area (Å²) in [6, 6.07) is 9.71. The highest BCUT2D eigenvalue weighted by molar-refractivity contribution is 6.17. The van der Waals surface area contributed by atoms with Crippen LogP contribution in [0, 0.1) is 5.82 Å². The summed E-state index contributed by atoms with van der Waals surface area (Å²) in [6.45, 7) is 4.73. The number of methoxy groups -OCH3 is 1. The number of halogens is 2. The normalized spacial score (nSPS) is 12.5. The number of anilines is 1. The van der Waals surface area contributed by atoms with Gasteiger partial charge in [-0.15, -0.1) is 9.78 Å². The van der Waals surface area contributed by atoms with Gasteiger partial charge in [0.2, 0.25) is 0 Å². The summed E-state index contributed by atoms with van der Waals surface area (Å²) < 4.78 is 33.6. The third-order valence-electron chi connectivity index (χ3n) is 6.36. The molecule has 4 aromatic rings. The lowest BCUT2D eigenvalue weighted by atomic mass is 10.0. The van der Waals surface area contributed by atoms with Gasteiger partial charge in [-0.1, -0.05) is 42.5 Å². The number of aliphatic hydroxyl groups is 1. The predicted octanol–water partition coefficient (Wildman–Crippen LogP) is 4.27. The first-order valence-electron chi connectivity index (χ1n) is 14.0. The smallest absolute Gasteiger partial charge is 0.324 e. The number of carbonyl (C=O) groups is 1. The topological polar surface area (TPSA) is 172 Å². The largest absolute Gasteiger partial charge is 0.497 e. The van der Waals surface area contributed by atoms with E-state index < -0.39 is 17.8 Å². The molecule has 0 aliphatic carbocycles. The number of aromatic nitrogens is 5. The summed E-state index contributed by atoms with van der Waals surface area (Å²) in [5, 5.41) is 17.0. The maximum Gasteiger partial charge on any atom is 0.324 e. The van der Waals surface area contributed by atoms with Crippen molar-refractivity contribution in [2.45, 2.75) is 13.0 Å². The van der Waals surface area contributed by atoms with Gasteiger partial charge < -0.3 is 30.4 Å². The molecule has 47 heavy (non-hydrogen) atoms. The number of nitrogens with zero attached hydrogens (tertiary/aromatic N) is 6. The van der Waals surface area contributed by atoms with Crippen LogP contribution >= 0.6 is 11.6 Å². The van der Waals surface area contributed by atoms with Crippen LogP contribution < -0.4 is 25.3 Å². The molecule has 1 amide bonds. The summed E-state index contributed by atoms with van der Waals surface area (Å²) in [5.41, 5.74) is 7.53. The van der Waals surface area contributed by atoms with E-state index >= 15 is 4.39 Å². The minimum absolute atomic E-state index is 0.00852. The van der Waals surface area contributed by atoms with Gasteiger partial charge in [-0.25, -0.2) is 14.4 Å². The highest BCUT2D eigenvalue weighted by Crippen LogP contribution is 2.36. The first-order valence-corrected chi connectivity index (χ1v) is 14.6. The van der Waals surface area contributed by atoms with Crippen LogP contribution in [-0.2, 0) is 4.79 Å². The average Bonchev–Trinajstić information content (AvgIpc) is 3.51. The molecule has 0 saturated carbocycles. The van der Waals surface area contributed by atoms with Gasteiger partial charge in [-0.05, 0) is 43.3 Å². The summed E-state index contributed by atoms with van der Waals surface area (Å²) in [5.74, 6) is -0.921. The second kappa shape index (κ2) is 16.6. The minimum atomic E-state index is -1.07. The molecular formula is C32H32ClFN8O5. The Morgan fingerprint density at radius 1 is 1.21 bits per heavy atom. The number of aliphatic hydroxyl groups excluding tert-OH is 1. The number of benzene rings is 2. The fourth-order valence-corrected chi connectivity index (χ4v) is 4.18. The molecule has 0 fully saturated rings. The molecule has 1 unspecified atom stereocenters. The van der Waals surface area contributed by atoms with E-state index in [1.54, 1.807) is 61.6 Å². The van der Waals surface area contributed by atoms with Crippen LogP contribution in [0.2, 0.25) is 0 Å². The van der Waals surface area contributed by atoms with Crippen molar-refractivity contribution in [3.8, 4) is 23.5 Å². The zero-order valence-electron chi connectivity index (χ0n) is 25.5. The van der Waals surface area contributed by atoms with Crippen molar-refractivity contribution in [2.75, 3.05) is 31.7 Å². The molecule has 244 valence electrons. The number of allylic oxidation sites excluding steroid dienone is 4. The van der Waals surface area contributed by atoms with Crippen LogP contribution in [0.3, 0.4) is 0 Å². The number of hydrogen-bond donors (Lipinski definition) is 3. The summed E-state index contributed by atoms with van der Waals surface area (Å²) in [6.07, 6.45) is 9.57. The van der Waals surface area contributed by atoms with Crippen molar-refractivity contribution in [1.29, 1.82) is 0 Å². The first-order chi connectivity index (χ1) is 22.8. The fraction of sp³-hybridized carbons (Fsp3) is 0.188. The van der Waals surface area contributed by atoms with E-state index in [-0.39, 0.29) is 60.0 Å². The van der Waals surface area contributed by atoms with E-state index in [2.05, 4.69) is 36.9 Å². The molecule has 2 aromatic carbocycles. The van der Waals surface area contributed by atoms with Gasteiger partial charge in [0, 0.05) is 40.8 Å². The maximum absolute atomic E-state index is 16.1. The Bertz CT molecular complexity index is 1780. The Labute approximate surface area is 274 Å². The van der Waals surface area contributed by atoms with Crippen LogP contribution in [0.1, 0.15) is 29.9 Å². The van der Waals surface area contributed by atoms with Crippen molar-refractivity contribution in [2.24, 2.45) is 10.7 Å². The van der Waals surface area contributed by atoms with Crippen LogP contribution in [0.25, 0.3) is 5.95 Å². The third kappa shape index (κ3) is 8.77. The Morgan fingerprint density at radius 2 is 1.96 bits per heavy atom. The summed E-state index contributed by atoms with van der Waals surface area (Å²) >= 11 is 5.86. The van der Waals surface area contributed by atoms with E-state index in [1.165, 1.54) is 36.3 Å². The molecule has 0 aliphatic heterocycles. The van der Waals surface area contributed by atoms with E-state index in [4.69, 9.17) is 31.5 Å². The van der Waals surface area contributed by atoms with Gasteiger partial charge in [-0.2, -0.15) is 9.98 Å². The molecule has 0 spiro atoms. The molecule has 0 radical (unpaired) electrons. The molecule has 0 bridgehead atoms. The quantitative estimate of drug-likeness (QED) is 0.0546. The number of nitrogens with one attached hydrogen (secondary N) is 1. The van der Waals surface area contributed by atoms with Crippen molar-refractivity contribution < 1.29 is 28.5 Å². The highest BCUT2D eigenvalue weighted by Gasteiger charge is 2.28. The van der Waals surface area contributed by atoms with Crippen molar-refractivity contribution in [1.82, 2.24) is 24.7 Å². The molecule has 4 rings (SSSR count). The zero-order chi connectivity index (χ0) is 33.8. The number of amidine groups is 1. The van der Waals surface area contributed by atoms with Crippen LogP contribution in [-0.4, -0.2) is 68.0 Å². The van der Waals surface area contributed by atoms with Crippen LogP contribution in [0.5, 0.6) is 17.5 Å². The summed E-state index contributed by atoms with van der Waals surface area (Å²) in [4.78, 5) is 29.4. The second-order valence-electron chi connectivity index (χ2n) is 9.49. The average molecular weight is 663 g/mol. The van der Waals surface area contributed by atoms with Crippen molar-refractivity contribution in [3.63, 3.8) is 0 Å². The Hall–Kier alpha value is -5.60. The number of amides is 1. The Balaban J connectivity index is 1.76. The van der Waals surface area contributed by atoms with Gasteiger partial charge in [0.1, 0.15) is 24.2 Å². The first kappa shape index (κ1) is 34.3. The van der Waals surface area contributed by atoms with Crippen molar-refractivity contribution >= 4 is 29.0 Å². The lowest BCUT2D eigenvalue weighted by Crippen LogP contribution is -2.18. The zero-order valence-corrected chi connectivity index (χ0v) is 26.3. The molecule has 0 saturated heterocycles. The van der Waals surface area contributed by atoms with Gasteiger partial charge in [0.15, 0.2) is 23.5 Å². The molecule has 0 aliphatic rings. The molecule has 15 heteroatoms. The summed E-state index contributed by atoms with van der Waals surface area (Å²) in [7, 11) is 1.42. The minimum Gasteiger partial charge on any atom is -0.497 e. The fourth-order valence-electron chi connectivity index (χ4n) is 4.09. The molecule has 1 atom stereocenters. The Kier molecular flexibility index (Phi) is 12.1. The molecule has 13 nitrogen and oxygen atoms in total. The number of alkyl halides is 1. The lowest BCUT2D eigenvalue weighted by molar-refractivity contribution is -0.114. The number of rotatable bonds is 15. The van der Waals surface area contributed by atoms with Crippen LogP contribution in [0.4, 0.5) is 10.1 Å². The van der Waals surface area contributed by atoms with Gasteiger partial charge in [0.25, 0.3) is 11.9 Å². The second-order valence-corrected chi connectivity index (χ2v) is 9.71. The van der Waals surface area contributed by atoms with Gasteiger partial charge >= 0.3 is 6.01 Å². The molecule has 4 N–H and O–H groups in total. The number of carbonyl (C=O) groups excluding carboxylic acids is 1. The highest BCUT2D eigenvalue weighted by atomic mass is 35.5. The predicted molar refractivity (Wildman–Crippen MR) is 175 cm³/mol.